The van der Waals surface area contributed by atoms with Gasteiger partial charge in [-0.05, 0) is 31.0 Å². The summed E-state index contributed by atoms with van der Waals surface area (Å²) in [5.74, 6) is -0.299. The highest BCUT2D eigenvalue weighted by atomic mass is 35.5. The van der Waals surface area contributed by atoms with Crippen molar-refractivity contribution in [1.29, 1.82) is 0 Å². The van der Waals surface area contributed by atoms with Gasteiger partial charge in [-0.3, -0.25) is 9.59 Å². The number of carbonyl (C=O) groups excluding carboxylic acids is 2. The molecule has 1 atom stereocenters. The van der Waals surface area contributed by atoms with Crippen molar-refractivity contribution in [2.75, 3.05) is 18.4 Å². The Morgan fingerprint density at radius 3 is 2.95 bits per heavy atom. The molecule has 1 aromatic rings. The molecule has 0 unspecified atom stereocenters. The SMILES string of the molecule is CCCCN1C[C@H](C(=O)Nc2cccc(Cl)c2C)CC1=O. The van der Waals surface area contributed by atoms with Crippen molar-refractivity contribution in [1.82, 2.24) is 4.90 Å². The number of halogens is 1. The molecule has 2 rings (SSSR count). The van der Waals surface area contributed by atoms with Gasteiger partial charge in [-0.25, -0.2) is 0 Å². The van der Waals surface area contributed by atoms with Crippen LogP contribution in [0.15, 0.2) is 18.2 Å². The molecular formula is C16H21ClN2O2. The van der Waals surface area contributed by atoms with E-state index in [0.29, 0.717) is 23.7 Å². The number of rotatable bonds is 5. The summed E-state index contributed by atoms with van der Waals surface area (Å²) in [6.45, 7) is 5.22. The van der Waals surface area contributed by atoms with E-state index in [1.165, 1.54) is 0 Å². The maximum atomic E-state index is 12.3. The van der Waals surface area contributed by atoms with E-state index in [0.717, 1.165) is 24.9 Å². The summed E-state index contributed by atoms with van der Waals surface area (Å²) in [6.07, 6.45) is 2.32. The van der Waals surface area contributed by atoms with Gasteiger partial charge in [-0.1, -0.05) is 31.0 Å². The second-order valence-electron chi connectivity index (χ2n) is 5.50. The molecule has 1 fully saturated rings. The van der Waals surface area contributed by atoms with Gasteiger partial charge in [-0.15, -0.1) is 0 Å². The molecule has 1 heterocycles. The van der Waals surface area contributed by atoms with E-state index in [1.807, 2.05) is 13.0 Å². The van der Waals surface area contributed by atoms with Crippen LogP contribution in [0.2, 0.25) is 5.02 Å². The number of hydrogen-bond acceptors (Lipinski definition) is 2. The average molecular weight is 309 g/mol. The van der Waals surface area contributed by atoms with Gasteiger partial charge in [0.05, 0.1) is 5.92 Å². The highest BCUT2D eigenvalue weighted by Gasteiger charge is 2.33. The molecule has 4 nitrogen and oxygen atoms in total. The number of nitrogens with one attached hydrogen (secondary N) is 1. The van der Waals surface area contributed by atoms with Crippen molar-refractivity contribution in [2.24, 2.45) is 5.92 Å². The van der Waals surface area contributed by atoms with Crippen LogP contribution in [0, 0.1) is 12.8 Å². The molecule has 1 N–H and O–H groups in total. The Kier molecular flexibility index (Phi) is 5.23. The number of likely N-dealkylation sites (tertiary alicyclic amines) is 1. The van der Waals surface area contributed by atoms with Crippen LogP contribution >= 0.6 is 11.6 Å². The van der Waals surface area contributed by atoms with E-state index in [1.54, 1.807) is 17.0 Å². The Bertz CT molecular complexity index is 545. The first-order valence-electron chi connectivity index (χ1n) is 7.36. The fourth-order valence-corrected chi connectivity index (χ4v) is 2.67. The van der Waals surface area contributed by atoms with Crippen molar-refractivity contribution >= 4 is 29.1 Å². The number of benzene rings is 1. The van der Waals surface area contributed by atoms with Crippen LogP contribution in [0.4, 0.5) is 5.69 Å². The lowest BCUT2D eigenvalue weighted by molar-refractivity contribution is -0.128. The lowest BCUT2D eigenvalue weighted by Crippen LogP contribution is -2.29. The van der Waals surface area contributed by atoms with E-state index in [4.69, 9.17) is 11.6 Å². The molecule has 0 saturated carbocycles. The number of anilines is 1. The Labute approximate surface area is 130 Å². The second-order valence-corrected chi connectivity index (χ2v) is 5.90. The smallest absolute Gasteiger partial charge is 0.229 e. The van der Waals surface area contributed by atoms with Crippen LogP contribution in [0.1, 0.15) is 31.7 Å². The lowest BCUT2D eigenvalue weighted by Gasteiger charge is -2.16. The number of amides is 2. The summed E-state index contributed by atoms with van der Waals surface area (Å²) in [5.41, 5.74) is 1.56. The fourth-order valence-electron chi connectivity index (χ4n) is 2.49. The van der Waals surface area contributed by atoms with Crippen LogP contribution in [0.3, 0.4) is 0 Å². The van der Waals surface area contributed by atoms with E-state index in [-0.39, 0.29) is 17.7 Å². The lowest BCUT2D eigenvalue weighted by atomic mass is 10.1. The Morgan fingerprint density at radius 1 is 1.48 bits per heavy atom. The average Bonchev–Trinajstić information content (AvgIpc) is 2.83. The number of nitrogens with zero attached hydrogens (tertiary/aromatic N) is 1. The molecule has 1 aromatic carbocycles. The fraction of sp³-hybridized carbons (Fsp3) is 0.500. The quantitative estimate of drug-likeness (QED) is 0.908. The van der Waals surface area contributed by atoms with Crippen LogP contribution in [-0.2, 0) is 9.59 Å². The first-order valence-corrected chi connectivity index (χ1v) is 7.74. The minimum Gasteiger partial charge on any atom is -0.342 e. The Hall–Kier alpha value is -1.55. The third-order valence-corrected chi connectivity index (χ3v) is 4.30. The predicted molar refractivity (Wildman–Crippen MR) is 84.4 cm³/mol. The predicted octanol–water partition coefficient (Wildman–Crippen LogP) is 3.24. The van der Waals surface area contributed by atoms with Gasteiger partial charge in [-0.2, -0.15) is 0 Å². The summed E-state index contributed by atoms with van der Waals surface area (Å²) in [7, 11) is 0. The van der Waals surface area contributed by atoms with Crippen LogP contribution < -0.4 is 5.32 Å². The largest absolute Gasteiger partial charge is 0.342 e. The van der Waals surface area contributed by atoms with Crippen molar-refractivity contribution in [2.45, 2.75) is 33.1 Å². The maximum absolute atomic E-state index is 12.3. The van der Waals surface area contributed by atoms with Gasteiger partial charge in [0.15, 0.2) is 0 Å². The molecule has 2 amide bonds. The summed E-state index contributed by atoms with van der Waals surface area (Å²) >= 11 is 6.05. The zero-order valence-electron chi connectivity index (χ0n) is 12.5. The standard InChI is InChI=1S/C16H21ClN2O2/c1-3-4-8-19-10-12(9-15(19)20)16(21)18-14-7-5-6-13(17)11(14)2/h5-7,12H,3-4,8-10H2,1-2H3,(H,18,21)/t12-/m1/s1. The molecule has 1 aliphatic heterocycles. The van der Waals surface area contributed by atoms with Gasteiger partial charge in [0, 0.05) is 30.2 Å². The van der Waals surface area contributed by atoms with Gasteiger partial charge in [0.2, 0.25) is 11.8 Å². The molecule has 1 saturated heterocycles. The van der Waals surface area contributed by atoms with Gasteiger partial charge < -0.3 is 10.2 Å². The molecule has 0 spiro atoms. The normalized spacial score (nSPS) is 18.1. The third kappa shape index (κ3) is 3.76. The second kappa shape index (κ2) is 6.94. The van der Waals surface area contributed by atoms with Crippen molar-refractivity contribution in [3.05, 3.63) is 28.8 Å². The molecule has 0 aliphatic carbocycles. The van der Waals surface area contributed by atoms with Crippen LogP contribution in [-0.4, -0.2) is 29.8 Å². The zero-order valence-corrected chi connectivity index (χ0v) is 13.2. The number of carbonyl (C=O) groups is 2. The summed E-state index contributed by atoms with van der Waals surface area (Å²) < 4.78 is 0. The molecular weight excluding hydrogens is 288 g/mol. The van der Waals surface area contributed by atoms with E-state index in [9.17, 15) is 9.59 Å². The molecule has 114 valence electrons. The van der Waals surface area contributed by atoms with Crippen molar-refractivity contribution in [3.63, 3.8) is 0 Å². The minimum absolute atomic E-state index is 0.0754. The Morgan fingerprint density at radius 2 is 2.24 bits per heavy atom. The summed E-state index contributed by atoms with van der Waals surface area (Å²) in [4.78, 5) is 26.0. The van der Waals surface area contributed by atoms with Crippen molar-refractivity contribution in [3.8, 4) is 0 Å². The number of hydrogen-bond donors (Lipinski definition) is 1. The molecule has 21 heavy (non-hydrogen) atoms. The topological polar surface area (TPSA) is 49.4 Å². The van der Waals surface area contributed by atoms with E-state index in [2.05, 4.69) is 12.2 Å². The first-order chi connectivity index (χ1) is 10.0. The van der Waals surface area contributed by atoms with E-state index >= 15 is 0 Å². The Balaban J connectivity index is 1.98. The first kappa shape index (κ1) is 15.8. The highest BCUT2D eigenvalue weighted by Crippen LogP contribution is 2.25. The van der Waals surface area contributed by atoms with Crippen molar-refractivity contribution < 1.29 is 9.59 Å². The molecule has 0 bridgehead atoms. The maximum Gasteiger partial charge on any atom is 0.229 e. The number of unbranched alkanes of at least 4 members (excludes halogenated alkanes) is 1. The van der Waals surface area contributed by atoms with Gasteiger partial charge in [0.1, 0.15) is 0 Å². The molecule has 0 aromatic heterocycles. The monoisotopic (exact) mass is 308 g/mol. The van der Waals surface area contributed by atoms with Crippen LogP contribution in [0.25, 0.3) is 0 Å². The van der Waals surface area contributed by atoms with Gasteiger partial charge >= 0.3 is 0 Å². The third-order valence-electron chi connectivity index (χ3n) is 3.89. The highest BCUT2D eigenvalue weighted by molar-refractivity contribution is 6.31. The van der Waals surface area contributed by atoms with E-state index < -0.39 is 0 Å². The molecule has 1 aliphatic rings. The molecule has 5 heteroatoms. The zero-order chi connectivity index (χ0) is 15.4. The summed E-state index contributed by atoms with van der Waals surface area (Å²) in [5, 5.41) is 3.51. The van der Waals surface area contributed by atoms with Crippen LogP contribution in [0.5, 0.6) is 0 Å². The summed E-state index contributed by atoms with van der Waals surface area (Å²) in [6, 6.07) is 5.42. The molecule has 0 radical (unpaired) electrons. The van der Waals surface area contributed by atoms with Gasteiger partial charge in [0.25, 0.3) is 0 Å². The minimum atomic E-state index is -0.271.